The fourth-order valence-electron chi connectivity index (χ4n) is 1.85. The molecular formula is C11H12N2O4. The molecule has 0 aromatic carbocycles. The summed E-state index contributed by atoms with van der Waals surface area (Å²) in [4.78, 5) is 36.1. The maximum atomic E-state index is 11.6. The van der Waals surface area contributed by atoms with E-state index in [9.17, 15) is 14.4 Å². The van der Waals surface area contributed by atoms with Crippen LogP contribution in [0.3, 0.4) is 0 Å². The van der Waals surface area contributed by atoms with E-state index in [4.69, 9.17) is 4.74 Å². The van der Waals surface area contributed by atoms with Crippen molar-refractivity contribution in [1.82, 2.24) is 9.55 Å². The van der Waals surface area contributed by atoms with Gasteiger partial charge in [0.25, 0.3) is 5.56 Å². The second-order valence-corrected chi connectivity index (χ2v) is 3.78. The molecule has 0 saturated heterocycles. The predicted octanol–water partition coefficient (Wildman–Crippen LogP) is 0.319. The molecule has 0 spiro atoms. The quantitative estimate of drug-likeness (QED) is 0.750. The van der Waals surface area contributed by atoms with Gasteiger partial charge in [0.05, 0.1) is 0 Å². The Bertz CT molecular complexity index is 608. The van der Waals surface area contributed by atoms with Crippen molar-refractivity contribution in [2.75, 3.05) is 0 Å². The first-order valence-electron chi connectivity index (χ1n) is 5.26. The average Bonchev–Trinajstić information content (AvgIpc) is 2.55. The highest BCUT2D eigenvalue weighted by atomic mass is 16.6. The van der Waals surface area contributed by atoms with Gasteiger partial charge in [0, 0.05) is 23.4 Å². The molecule has 6 nitrogen and oxygen atoms in total. The maximum Gasteiger partial charge on any atom is 0.336 e. The number of nitrogens with zero attached hydrogens (tertiary/aromatic N) is 1. The molecule has 0 aliphatic carbocycles. The standard InChI is InChI=1S/C11H12N2O4/c1-3-7-6(2)10(15)17-9(7)13-5-4-8(14)12-11(13)16/h4-5,9H,3H2,1-2H3,(H,12,14,16)/t9-/m0/s1. The topological polar surface area (TPSA) is 81.2 Å². The van der Waals surface area contributed by atoms with Crippen LogP contribution in [-0.2, 0) is 9.53 Å². The fraction of sp³-hybridized carbons (Fsp3) is 0.364. The van der Waals surface area contributed by atoms with Crippen LogP contribution in [0.1, 0.15) is 26.5 Å². The van der Waals surface area contributed by atoms with Gasteiger partial charge < -0.3 is 4.74 Å². The molecule has 0 bridgehead atoms. The molecule has 1 aromatic heterocycles. The number of carbonyl (C=O) groups is 1. The third-order valence-electron chi connectivity index (χ3n) is 2.79. The van der Waals surface area contributed by atoms with Crippen molar-refractivity contribution >= 4 is 5.97 Å². The molecule has 1 aliphatic rings. The number of carbonyl (C=O) groups excluding carboxylic acids is 1. The van der Waals surface area contributed by atoms with Crippen LogP contribution in [0.4, 0.5) is 0 Å². The Balaban J connectivity index is 2.53. The summed E-state index contributed by atoms with van der Waals surface area (Å²) >= 11 is 0. The maximum absolute atomic E-state index is 11.6. The van der Waals surface area contributed by atoms with E-state index in [1.54, 1.807) is 6.92 Å². The molecule has 0 unspecified atom stereocenters. The zero-order valence-electron chi connectivity index (χ0n) is 9.52. The summed E-state index contributed by atoms with van der Waals surface area (Å²) in [5.74, 6) is -0.426. The first kappa shape index (κ1) is 11.4. The van der Waals surface area contributed by atoms with E-state index < -0.39 is 23.4 Å². The average molecular weight is 236 g/mol. The normalized spacial score (nSPS) is 19.6. The molecule has 0 radical (unpaired) electrons. The lowest BCUT2D eigenvalue weighted by Crippen LogP contribution is -2.32. The van der Waals surface area contributed by atoms with E-state index in [1.807, 2.05) is 6.92 Å². The van der Waals surface area contributed by atoms with Crippen LogP contribution in [-0.4, -0.2) is 15.5 Å². The van der Waals surface area contributed by atoms with E-state index in [0.717, 1.165) is 5.57 Å². The van der Waals surface area contributed by atoms with Crippen molar-refractivity contribution in [1.29, 1.82) is 0 Å². The lowest BCUT2D eigenvalue weighted by molar-refractivity contribution is -0.143. The first-order chi connectivity index (χ1) is 8.04. The van der Waals surface area contributed by atoms with Crippen LogP contribution in [0, 0.1) is 0 Å². The summed E-state index contributed by atoms with van der Waals surface area (Å²) in [6, 6.07) is 1.22. The zero-order valence-corrected chi connectivity index (χ0v) is 9.52. The number of nitrogens with one attached hydrogen (secondary N) is 1. The number of esters is 1. The molecule has 1 N–H and O–H groups in total. The van der Waals surface area contributed by atoms with E-state index in [0.29, 0.717) is 12.0 Å². The molecule has 90 valence electrons. The van der Waals surface area contributed by atoms with Crippen molar-refractivity contribution in [3.05, 3.63) is 44.2 Å². The predicted molar refractivity (Wildman–Crippen MR) is 59.4 cm³/mol. The van der Waals surface area contributed by atoms with Crippen LogP contribution >= 0.6 is 0 Å². The summed E-state index contributed by atoms with van der Waals surface area (Å²) in [5, 5.41) is 0. The second-order valence-electron chi connectivity index (χ2n) is 3.78. The fourth-order valence-corrected chi connectivity index (χ4v) is 1.85. The first-order valence-corrected chi connectivity index (χ1v) is 5.26. The summed E-state index contributed by atoms with van der Waals surface area (Å²) in [7, 11) is 0. The Morgan fingerprint density at radius 1 is 1.41 bits per heavy atom. The Morgan fingerprint density at radius 3 is 2.71 bits per heavy atom. The summed E-state index contributed by atoms with van der Waals surface area (Å²) in [5.41, 5.74) is 0.213. The third-order valence-corrected chi connectivity index (χ3v) is 2.79. The Hall–Kier alpha value is -2.11. The van der Waals surface area contributed by atoms with Crippen molar-refractivity contribution < 1.29 is 9.53 Å². The van der Waals surface area contributed by atoms with Gasteiger partial charge in [0.15, 0.2) is 0 Å². The number of rotatable bonds is 2. The molecule has 0 fully saturated rings. The molecule has 0 amide bonds. The van der Waals surface area contributed by atoms with E-state index >= 15 is 0 Å². The largest absolute Gasteiger partial charge is 0.434 e. The van der Waals surface area contributed by atoms with Gasteiger partial charge >= 0.3 is 11.7 Å². The monoisotopic (exact) mass is 236 g/mol. The molecule has 6 heteroatoms. The smallest absolute Gasteiger partial charge is 0.336 e. The van der Waals surface area contributed by atoms with E-state index in [1.165, 1.54) is 16.8 Å². The third kappa shape index (κ3) is 1.82. The molecule has 1 aliphatic heterocycles. The van der Waals surface area contributed by atoms with Crippen molar-refractivity contribution in [2.45, 2.75) is 26.5 Å². The minimum Gasteiger partial charge on any atom is -0.434 e. The van der Waals surface area contributed by atoms with E-state index in [-0.39, 0.29) is 0 Å². The van der Waals surface area contributed by atoms with Crippen molar-refractivity contribution in [3.8, 4) is 0 Å². The molecule has 1 aromatic rings. The van der Waals surface area contributed by atoms with Crippen LogP contribution < -0.4 is 11.2 Å². The molecule has 17 heavy (non-hydrogen) atoms. The van der Waals surface area contributed by atoms with Gasteiger partial charge in [0.1, 0.15) is 0 Å². The number of ether oxygens (including phenoxy) is 1. The van der Waals surface area contributed by atoms with Crippen LogP contribution in [0.2, 0.25) is 0 Å². The SMILES string of the molecule is CCC1=C(C)C(=O)O[C@@H]1n1ccc(=O)[nH]c1=O. The summed E-state index contributed by atoms with van der Waals surface area (Å²) < 4.78 is 6.31. The Kier molecular flexibility index (Phi) is 2.71. The number of aromatic amines is 1. The molecule has 1 atom stereocenters. The van der Waals surface area contributed by atoms with Gasteiger partial charge in [0.2, 0.25) is 6.23 Å². The molecular weight excluding hydrogens is 224 g/mol. The highest BCUT2D eigenvalue weighted by Crippen LogP contribution is 2.31. The van der Waals surface area contributed by atoms with Crippen LogP contribution in [0.5, 0.6) is 0 Å². The number of aromatic nitrogens is 2. The number of H-pyrrole nitrogens is 1. The molecule has 2 heterocycles. The zero-order chi connectivity index (χ0) is 12.6. The highest BCUT2D eigenvalue weighted by molar-refractivity contribution is 5.91. The van der Waals surface area contributed by atoms with Crippen LogP contribution in [0.15, 0.2) is 33.0 Å². The molecule has 2 rings (SSSR count). The minimum absolute atomic E-state index is 0.426. The van der Waals surface area contributed by atoms with E-state index in [2.05, 4.69) is 4.98 Å². The Morgan fingerprint density at radius 2 is 2.12 bits per heavy atom. The van der Waals surface area contributed by atoms with Crippen molar-refractivity contribution in [2.24, 2.45) is 0 Å². The van der Waals surface area contributed by atoms with Gasteiger partial charge in [-0.3, -0.25) is 14.3 Å². The van der Waals surface area contributed by atoms with Gasteiger partial charge in [-0.05, 0) is 13.3 Å². The second kappa shape index (κ2) is 4.04. The highest BCUT2D eigenvalue weighted by Gasteiger charge is 2.31. The van der Waals surface area contributed by atoms with Gasteiger partial charge in [-0.1, -0.05) is 6.92 Å². The Labute approximate surface area is 96.5 Å². The summed E-state index contributed by atoms with van der Waals surface area (Å²) in [6.45, 7) is 3.54. The molecule has 0 saturated carbocycles. The minimum atomic E-state index is -0.739. The van der Waals surface area contributed by atoms with Gasteiger partial charge in [-0.2, -0.15) is 0 Å². The van der Waals surface area contributed by atoms with Crippen molar-refractivity contribution in [3.63, 3.8) is 0 Å². The van der Waals surface area contributed by atoms with Gasteiger partial charge in [-0.25, -0.2) is 9.59 Å². The lowest BCUT2D eigenvalue weighted by atomic mass is 10.1. The summed E-state index contributed by atoms with van der Waals surface area (Å²) in [6.07, 6.45) is 1.19. The lowest BCUT2D eigenvalue weighted by Gasteiger charge is -2.15. The van der Waals surface area contributed by atoms with Crippen LogP contribution in [0.25, 0.3) is 0 Å². The van der Waals surface area contributed by atoms with Gasteiger partial charge in [-0.15, -0.1) is 0 Å². The number of hydrogen-bond acceptors (Lipinski definition) is 4. The number of cyclic esters (lactones) is 1. The number of hydrogen-bond donors (Lipinski definition) is 1.